The number of hydrogen-bond acceptors (Lipinski definition) is 7. The highest BCUT2D eigenvalue weighted by Gasteiger charge is 2.16. The number of urea groups is 1. The van der Waals surface area contributed by atoms with Crippen LogP contribution in [0.4, 0.5) is 21.3 Å². The number of nitrogens with zero attached hydrogens (tertiary/aromatic N) is 2. The molecule has 3 heterocycles. The number of amides is 2. The molecule has 0 bridgehead atoms. The van der Waals surface area contributed by atoms with E-state index >= 15 is 0 Å². The first kappa shape index (κ1) is 17.1. The first-order valence-corrected chi connectivity index (χ1v) is 9.77. The lowest BCUT2D eigenvalue weighted by atomic mass is 10.3. The van der Waals surface area contributed by atoms with Gasteiger partial charge in [-0.15, -0.1) is 0 Å². The van der Waals surface area contributed by atoms with Crippen molar-refractivity contribution in [1.29, 1.82) is 0 Å². The van der Waals surface area contributed by atoms with Gasteiger partial charge in [-0.2, -0.15) is 0 Å². The Labute approximate surface area is 165 Å². The number of fused-ring (bicyclic) bond motifs is 2. The maximum Gasteiger partial charge on any atom is 0.323 e. The van der Waals surface area contributed by atoms with Gasteiger partial charge >= 0.3 is 6.03 Å². The summed E-state index contributed by atoms with van der Waals surface area (Å²) in [5.41, 5.74) is 2.27. The average Bonchev–Trinajstić information content (AvgIpc) is 3.34. The third kappa shape index (κ3) is 3.41. The molecule has 2 amide bonds. The number of benzene rings is 2. The van der Waals surface area contributed by atoms with E-state index in [4.69, 9.17) is 19.2 Å². The zero-order valence-electron chi connectivity index (χ0n) is 14.9. The fraction of sp³-hybridized carbons (Fsp3) is 0.263. The van der Waals surface area contributed by atoms with Crippen LogP contribution in [-0.2, 0) is 4.74 Å². The third-order valence-corrected chi connectivity index (χ3v) is 5.63. The number of aromatic nitrogens is 1. The van der Waals surface area contributed by atoms with E-state index in [1.807, 2.05) is 18.2 Å². The summed E-state index contributed by atoms with van der Waals surface area (Å²) in [5, 5.41) is 6.65. The number of nitrogens with one attached hydrogen (secondary N) is 2. The molecule has 2 aliphatic rings. The second kappa shape index (κ2) is 7.17. The Morgan fingerprint density at radius 3 is 2.61 bits per heavy atom. The van der Waals surface area contributed by atoms with Gasteiger partial charge in [0.2, 0.25) is 6.79 Å². The molecule has 0 spiro atoms. The first-order valence-electron chi connectivity index (χ1n) is 8.95. The summed E-state index contributed by atoms with van der Waals surface area (Å²) < 4.78 is 17.0. The lowest BCUT2D eigenvalue weighted by Crippen LogP contribution is -2.36. The van der Waals surface area contributed by atoms with Gasteiger partial charge in [-0.3, -0.25) is 0 Å². The van der Waals surface area contributed by atoms with Crippen molar-refractivity contribution in [1.82, 2.24) is 4.98 Å². The number of hydrogen-bond donors (Lipinski definition) is 2. The Hall–Kier alpha value is -3.04. The largest absolute Gasteiger partial charge is 0.454 e. The third-order valence-electron chi connectivity index (χ3n) is 4.55. The van der Waals surface area contributed by atoms with Gasteiger partial charge in [0.1, 0.15) is 0 Å². The second-order valence-corrected chi connectivity index (χ2v) is 7.43. The minimum atomic E-state index is -0.323. The van der Waals surface area contributed by atoms with E-state index < -0.39 is 0 Å². The fourth-order valence-corrected chi connectivity index (χ4v) is 4.20. The molecule has 3 aromatic rings. The topological polar surface area (TPSA) is 85.0 Å². The van der Waals surface area contributed by atoms with Crippen LogP contribution in [0.15, 0.2) is 36.4 Å². The van der Waals surface area contributed by atoms with E-state index in [2.05, 4.69) is 15.5 Å². The molecule has 1 fully saturated rings. The Bertz CT molecular complexity index is 1030. The number of ether oxygens (including phenoxy) is 3. The molecular weight excluding hydrogens is 380 g/mol. The molecule has 1 saturated heterocycles. The van der Waals surface area contributed by atoms with Gasteiger partial charge in [0, 0.05) is 30.5 Å². The number of rotatable bonds is 3. The Kier molecular flexibility index (Phi) is 4.38. The summed E-state index contributed by atoms with van der Waals surface area (Å²) in [7, 11) is 0. The van der Waals surface area contributed by atoms with Crippen molar-refractivity contribution in [3.05, 3.63) is 36.4 Å². The molecule has 8 nitrogen and oxygen atoms in total. The Morgan fingerprint density at radius 1 is 1.00 bits per heavy atom. The van der Waals surface area contributed by atoms with Crippen molar-refractivity contribution in [2.24, 2.45) is 0 Å². The van der Waals surface area contributed by atoms with Crippen LogP contribution in [0.3, 0.4) is 0 Å². The molecule has 0 unspecified atom stereocenters. The summed E-state index contributed by atoms with van der Waals surface area (Å²) in [6.45, 7) is 3.35. The Morgan fingerprint density at radius 2 is 1.75 bits per heavy atom. The molecule has 5 rings (SSSR count). The number of thiazole rings is 1. The van der Waals surface area contributed by atoms with Gasteiger partial charge in [-0.1, -0.05) is 11.3 Å². The molecule has 0 atom stereocenters. The van der Waals surface area contributed by atoms with Gasteiger partial charge in [0.15, 0.2) is 16.6 Å². The maximum absolute atomic E-state index is 12.3. The van der Waals surface area contributed by atoms with E-state index in [1.165, 1.54) is 0 Å². The molecule has 0 saturated carbocycles. The van der Waals surface area contributed by atoms with Crippen LogP contribution in [-0.4, -0.2) is 44.1 Å². The van der Waals surface area contributed by atoms with Gasteiger partial charge in [-0.25, -0.2) is 9.78 Å². The van der Waals surface area contributed by atoms with Gasteiger partial charge in [-0.05, 0) is 30.3 Å². The molecule has 2 aliphatic heterocycles. The minimum Gasteiger partial charge on any atom is -0.454 e. The summed E-state index contributed by atoms with van der Waals surface area (Å²) in [6.07, 6.45) is 0. The van der Waals surface area contributed by atoms with Crippen LogP contribution in [0.25, 0.3) is 10.2 Å². The van der Waals surface area contributed by atoms with Crippen LogP contribution >= 0.6 is 11.3 Å². The molecule has 144 valence electrons. The van der Waals surface area contributed by atoms with Crippen LogP contribution in [0.5, 0.6) is 11.5 Å². The van der Waals surface area contributed by atoms with Gasteiger partial charge in [0.05, 0.1) is 23.4 Å². The molecular formula is C19H18N4O4S. The van der Waals surface area contributed by atoms with Crippen molar-refractivity contribution in [3.63, 3.8) is 0 Å². The highest BCUT2D eigenvalue weighted by molar-refractivity contribution is 7.22. The number of morpholine rings is 1. The lowest BCUT2D eigenvalue weighted by Gasteiger charge is -2.25. The summed E-state index contributed by atoms with van der Waals surface area (Å²) in [4.78, 5) is 19.3. The fourth-order valence-electron chi connectivity index (χ4n) is 3.15. The van der Waals surface area contributed by atoms with Crippen molar-refractivity contribution in [3.8, 4) is 11.5 Å². The van der Waals surface area contributed by atoms with Gasteiger partial charge < -0.3 is 29.7 Å². The van der Waals surface area contributed by atoms with Crippen molar-refractivity contribution in [2.45, 2.75) is 0 Å². The summed E-state index contributed by atoms with van der Waals surface area (Å²) in [5.74, 6) is 1.30. The van der Waals surface area contributed by atoms with Gasteiger partial charge in [0.25, 0.3) is 0 Å². The predicted octanol–water partition coefficient (Wildman–Crippen LogP) is 3.51. The lowest BCUT2D eigenvalue weighted by molar-refractivity contribution is 0.122. The molecule has 2 aromatic carbocycles. The monoisotopic (exact) mass is 398 g/mol. The van der Waals surface area contributed by atoms with E-state index in [-0.39, 0.29) is 12.8 Å². The van der Waals surface area contributed by atoms with Crippen LogP contribution in [0.1, 0.15) is 0 Å². The molecule has 28 heavy (non-hydrogen) atoms. The zero-order chi connectivity index (χ0) is 18.9. The van der Waals surface area contributed by atoms with E-state index in [9.17, 15) is 4.79 Å². The average molecular weight is 398 g/mol. The number of carbonyl (C=O) groups is 1. The quantitative estimate of drug-likeness (QED) is 0.702. The molecule has 0 aliphatic carbocycles. The van der Waals surface area contributed by atoms with Crippen molar-refractivity contribution < 1.29 is 19.0 Å². The molecule has 0 radical (unpaired) electrons. The smallest absolute Gasteiger partial charge is 0.323 e. The SMILES string of the molecule is O=C(Nc1ccc2c(c1)OCO2)Nc1ccc2nc(N3CCOCC3)sc2c1. The zero-order valence-corrected chi connectivity index (χ0v) is 15.8. The molecule has 2 N–H and O–H groups in total. The highest BCUT2D eigenvalue weighted by atomic mass is 32.1. The van der Waals surface area contributed by atoms with Crippen LogP contribution in [0.2, 0.25) is 0 Å². The normalized spacial score (nSPS) is 15.6. The van der Waals surface area contributed by atoms with Crippen LogP contribution < -0.4 is 25.0 Å². The van der Waals surface area contributed by atoms with Crippen molar-refractivity contribution >= 4 is 44.1 Å². The molecule has 9 heteroatoms. The first-order chi connectivity index (χ1) is 13.7. The highest BCUT2D eigenvalue weighted by Crippen LogP contribution is 2.34. The van der Waals surface area contributed by atoms with E-state index in [0.29, 0.717) is 22.9 Å². The second-order valence-electron chi connectivity index (χ2n) is 6.43. The maximum atomic E-state index is 12.3. The standard InChI is InChI=1S/C19H18N4O4S/c24-18(20-12-2-4-15-16(9-12)27-11-26-15)21-13-1-3-14-17(10-13)28-19(22-14)23-5-7-25-8-6-23/h1-4,9-10H,5-8,11H2,(H2,20,21,24). The number of carbonyl (C=O) groups excluding carboxylic acids is 1. The Balaban J connectivity index is 1.28. The van der Waals surface area contributed by atoms with E-state index in [1.54, 1.807) is 29.5 Å². The van der Waals surface area contributed by atoms with Crippen molar-refractivity contribution in [2.75, 3.05) is 48.6 Å². The summed E-state index contributed by atoms with van der Waals surface area (Å²) >= 11 is 1.62. The molecule has 1 aromatic heterocycles. The minimum absolute atomic E-state index is 0.201. The predicted molar refractivity (Wildman–Crippen MR) is 108 cm³/mol. The van der Waals surface area contributed by atoms with E-state index in [0.717, 1.165) is 41.7 Å². The summed E-state index contributed by atoms with van der Waals surface area (Å²) in [6, 6.07) is 10.7. The number of anilines is 3. The van der Waals surface area contributed by atoms with Crippen LogP contribution in [0, 0.1) is 0 Å².